The molecule has 0 radical (unpaired) electrons. The highest BCUT2D eigenvalue weighted by molar-refractivity contribution is 7.80. The van der Waals surface area contributed by atoms with E-state index in [2.05, 4.69) is 27.8 Å². The molecule has 27 heavy (non-hydrogen) atoms. The van der Waals surface area contributed by atoms with Crippen LogP contribution in [0.4, 0.5) is 11.4 Å². The zero-order valence-corrected chi connectivity index (χ0v) is 15.9. The van der Waals surface area contributed by atoms with Crippen molar-refractivity contribution < 1.29 is 24.9 Å². The summed E-state index contributed by atoms with van der Waals surface area (Å²) in [5, 5.41) is 22.8. The number of quaternary nitrogens is 2. The van der Waals surface area contributed by atoms with E-state index < -0.39 is 12.0 Å². The van der Waals surface area contributed by atoms with Gasteiger partial charge in [0.1, 0.15) is 32.2 Å². The highest BCUT2D eigenvalue weighted by Crippen LogP contribution is 2.15. The van der Waals surface area contributed by atoms with Crippen molar-refractivity contribution in [2.75, 3.05) is 43.4 Å². The highest BCUT2D eigenvalue weighted by atomic mass is 32.1. The number of amides is 1. The van der Waals surface area contributed by atoms with Gasteiger partial charge in [0.2, 0.25) is 5.91 Å². The molecule has 0 unspecified atom stereocenters. The van der Waals surface area contributed by atoms with E-state index in [-0.39, 0.29) is 12.3 Å². The summed E-state index contributed by atoms with van der Waals surface area (Å²) in [6.07, 6.45) is 1.58. The molecule has 1 atom stereocenters. The van der Waals surface area contributed by atoms with E-state index in [1.54, 1.807) is 24.3 Å². The predicted molar refractivity (Wildman–Crippen MR) is 105 cm³/mol. The SMILES string of the molecule is C=CCNC(=S)Nc1cccc(NC(=O)C[C@H](C(=O)[O-])[NH+]2CC[NH2+]CC2)c1. The van der Waals surface area contributed by atoms with Crippen molar-refractivity contribution in [2.24, 2.45) is 0 Å². The number of carboxylic acids is 1. The number of benzene rings is 1. The smallest absolute Gasteiger partial charge is 0.230 e. The third-order valence-electron chi connectivity index (χ3n) is 4.32. The van der Waals surface area contributed by atoms with Gasteiger partial charge in [-0.25, -0.2) is 0 Å². The third kappa shape index (κ3) is 6.97. The van der Waals surface area contributed by atoms with Crippen LogP contribution in [-0.2, 0) is 9.59 Å². The number of aliphatic carboxylic acids is 1. The molecule has 9 heteroatoms. The van der Waals surface area contributed by atoms with Gasteiger partial charge in [0.15, 0.2) is 5.11 Å². The minimum Gasteiger partial charge on any atom is -0.544 e. The van der Waals surface area contributed by atoms with Gasteiger partial charge in [-0.15, -0.1) is 6.58 Å². The van der Waals surface area contributed by atoms with Crippen molar-refractivity contribution in [2.45, 2.75) is 12.5 Å². The van der Waals surface area contributed by atoms with Gasteiger partial charge in [0.25, 0.3) is 0 Å². The molecule has 0 aromatic heterocycles. The molecule has 8 nitrogen and oxygen atoms in total. The van der Waals surface area contributed by atoms with Crippen molar-refractivity contribution in [3.05, 3.63) is 36.9 Å². The fourth-order valence-electron chi connectivity index (χ4n) is 3.00. The van der Waals surface area contributed by atoms with Crippen molar-refractivity contribution in [1.82, 2.24) is 5.32 Å². The Hall–Kier alpha value is -2.49. The van der Waals surface area contributed by atoms with Crippen LogP contribution in [0.1, 0.15) is 6.42 Å². The lowest BCUT2D eigenvalue weighted by atomic mass is 10.1. The molecular weight excluding hydrogens is 366 g/mol. The van der Waals surface area contributed by atoms with Gasteiger partial charge in [0.05, 0.1) is 12.4 Å². The number of nitrogens with one attached hydrogen (secondary N) is 4. The standard InChI is InChI=1S/C18H25N5O3S/c1-2-6-20-18(27)22-14-5-3-4-13(11-14)21-16(24)12-15(17(25)26)23-9-7-19-8-10-23/h2-5,11,15,19H,1,6-10,12H2,(H,21,24)(H,25,26)(H2,20,22,27)/p+1/t15-/m1/s1. The number of carbonyl (C=O) groups excluding carboxylic acids is 2. The Morgan fingerprint density at radius 3 is 2.59 bits per heavy atom. The Labute approximate surface area is 164 Å². The summed E-state index contributed by atoms with van der Waals surface area (Å²) in [5.41, 5.74) is 1.28. The van der Waals surface area contributed by atoms with E-state index in [4.69, 9.17) is 12.2 Å². The molecule has 6 N–H and O–H groups in total. The van der Waals surface area contributed by atoms with Gasteiger partial charge < -0.3 is 36.1 Å². The lowest BCUT2D eigenvalue weighted by molar-refractivity contribution is -0.961. The van der Waals surface area contributed by atoms with Crippen LogP contribution in [0, 0.1) is 0 Å². The van der Waals surface area contributed by atoms with Crippen molar-refractivity contribution in [3.63, 3.8) is 0 Å². The summed E-state index contributed by atoms with van der Waals surface area (Å²) < 4.78 is 0. The predicted octanol–water partition coefficient (Wildman–Crippen LogP) is -2.93. The van der Waals surface area contributed by atoms with E-state index in [1.807, 2.05) is 6.07 Å². The largest absolute Gasteiger partial charge is 0.544 e. The maximum atomic E-state index is 12.4. The van der Waals surface area contributed by atoms with Gasteiger partial charge in [0, 0.05) is 17.9 Å². The van der Waals surface area contributed by atoms with E-state index in [0.717, 1.165) is 18.0 Å². The summed E-state index contributed by atoms with van der Waals surface area (Å²) in [5.74, 6) is -1.54. The second-order valence-electron chi connectivity index (χ2n) is 6.35. The van der Waals surface area contributed by atoms with Gasteiger partial charge in [-0.2, -0.15) is 0 Å². The Morgan fingerprint density at radius 1 is 1.30 bits per heavy atom. The minimum atomic E-state index is -1.18. The Kier molecular flexibility index (Phi) is 8.18. The van der Waals surface area contributed by atoms with E-state index >= 15 is 0 Å². The topological polar surface area (TPSA) is 114 Å². The van der Waals surface area contributed by atoms with Gasteiger partial charge >= 0.3 is 0 Å². The lowest BCUT2D eigenvalue weighted by Gasteiger charge is -2.30. The fourth-order valence-corrected chi connectivity index (χ4v) is 3.20. The molecule has 0 spiro atoms. The second-order valence-corrected chi connectivity index (χ2v) is 6.76. The van der Waals surface area contributed by atoms with Gasteiger partial charge in [-0.05, 0) is 30.4 Å². The molecule has 1 amide bonds. The Balaban J connectivity index is 1.93. The maximum Gasteiger partial charge on any atom is 0.230 e. The number of carbonyl (C=O) groups is 2. The van der Waals surface area contributed by atoms with Crippen LogP contribution in [0.3, 0.4) is 0 Å². The van der Waals surface area contributed by atoms with Gasteiger partial charge in [-0.1, -0.05) is 12.1 Å². The van der Waals surface area contributed by atoms with E-state index in [1.165, 1.54) is 0 Å². The molecule has 1 saturated heterocycles. The zero-order chi connectivity index (χ0) is 19.6. The molecule has 2 rings (SSSR count). The summed E-state index contributed by atoms with van der Waals surface area (Å²) >= 11 is 5.16. The first-order valence-corrected chi connectivity index (χ1v) is 9.33. The molecule has 1 fully saturated rings. The molecule has 1 aliphatic heterocycles. The van der Waals surface area contributed by atoms with Crippen LogP contribution in [0.15, 0.2) is 36.9 Å². The maximum absolute atomic E-state index is 12.4. The number of piperazine rings is 1. The molecule has 1 aliphatic rings. The molecule has 1 heterocycles. The summed E-state index contributed by atoms with van der Waals surface area (Å²) in [6, 6.07) is 6.22. The zero-order valence-electron chi connectivity index (χ0n) is 15.1. The number of rotatable bonds is 8. The molecule has 1 aromatic carbocycles. The van der Waals surface area contributed by atoms with Crippen LogP contribution in [0.25, 0.3) is 0 Å². The summed E-state index contributed by atoms with van der Waals surface area (Å²) in [4.78, 5) is 24.7. The summed E-state index contributed by atoms with van der Waals surface area (Å²) in [7, 11) is 0. The molecule has 0 aliphatic carbocycles. The van der Waals surface area contributed by atoms with Crippen LogP contribution in [0.5, 0.6) is 0 Å². The average Bonchev–Trinajstić information content (AvgIpc) is 2.65. The van der Waals surface area contributed by atoms with E-state index in [0.29, 0.717) is 36.1 Å². The number of anilines is 2. The fraction of sp³-hybridized carbons (Fsp3) is 0.389. The highest BCUT2D eigenvalue weighted by Gasteiger charge is 2.29. The first-order chi connectivity index (χ1) is 13.0. The van der Waals surface area contributed by atoms with Crippen molar-refractivity contribution >= 4 is 40.6 Å². The molecular formula is C18H26N5O3S+. The quantitative estimate of drug-likeness (QED) is 0.239. The lowest BCUT2D eigenvalue weighted by Crippen LogP contribution is -3.24. The Bertz CT molecular complexity index is 691. The second kappa shape index (κ2) is 10.6. The minimum absolute atomic E-state index is 0.116. The number of hydrogen-bond acceptors (Lipinski definition) is 4. The van der Waals surface area contributed by atoms with Crippen molar-refractivity contribution in [1.29, 1.82) is 0 Å². The average molecular weight is 393 g/mol. The van der Waals surface area contributed by atoms with Crippen LogP contribution >= 0.6 is 12.2 Å². The summed E-state index contributed by atoms with van der Waals surface area (Å²) in [6.45, 7) is 7.28. The molecule has 146 valence electrons. The monoisotopic (exact) mass is 392 g/mol. The van der Waals surface area contributed by atoms with Crippen LogP contribution in [-0.4, -0.2) is 55.8 Å². The number of nitrogens with two attached hydrogens (primary N) is 1. The van der Waals surface area contributed by atoms with Gasteiger partial charge in [-0.3, -0.25) is 4.79 Å². The first-order valence-electron chi connectivity index (χ1n) is 8.92. The number of thiocarbonyl (C=S) groups is 1. The number of hydrogen-bond donors (Lipinski definition) is 5. The first kappa shape index (κ1) is 20.8. The molecule has 1 aromatic rings. The normalized spacial score (nSPS) is 15.4. The van der Waals surface area contributed by atoms with Crippen LogP contribution in [0.2, 0.25) is 0 Å². The Morgan fingerprint density at radius 2 is 1.96 bits per heavy atom. The number of carboxylic acid groups (broad SMARTS) is 1. The van der Waals surface area contributed by atoms with E-state index in [9.17, 15) is 14.7 Å². The van der Waals surface area contributed by atoms with Crippen LogP contribution < -0.4 is 31.3 Å². The molecule has 0 bridgehead atoms. The molecule has 0 saturated carbocycles. The third-order valence-corrected chi connectivity index (χ3v) is 4.56. The van der Waals surface area contributed by atoms with Crippen molar-refractivity contribution in [3.8, 4) is 0 Å².